The number of amides is 1. The van der Waals surface area contributed by atoms with E-state index in [4.69, 9.17) is 5.73 Å². The Bertz CT molecular complexity index is 393. The van der Waals surface area contributed by atoms with Crippen molar-refractivity contribution in [2.45, 2.75) is 26.7 Å². The van der Waals surface area contributed by atoms with Crippen molar-refractivity contribution in [3.05, 3.63) is 28.2 Å². The van der Waals surface area contributed by atoms with Gasteiger partial charge in [0.05, 0.1) is 5.92 Å². The van der Waals surface area contributed by atoms with E-state index in [2.05, 4.69) is 28.2 Å². The number of anilines is 1. The van der Waals surface area contributed by atoms with Gasteiger partial charge in [0, 0.05) is 16.7 Å². The quantitative estimate of drug-likeness (QED) is 0.878. The highest BCUT2D eigenvalue weighted by molar-refractivity contribution is 9.10. The lowest BCUT2D eigenvalue weighted by atomic mass is 10.0. The number of nitrogens with one attached hydrogen (secondary N) is 1. The summed E-state index contributed by atoms with van der Waals surface area (Å²) >= 11 is 3.40. The molecule has 0 aromatic heterocycles. The van der Waals surface area contributed by atoms with Gasteiger partial charge in [-0.3, -0.25) is 4.79 Å². The number of aryl methyl sites for hydroxylation is 1. The van der Waals surface area contributed by atoms with Crippen LogP contribution in [-0.2, 0) is 4.79 Å². The first-order valence-corrected chi connectivity index (χ1v) is 6.64. The topological polar surface area (TPSA) is 55.1 Å². The Balaban J connectivity index is 2.73. The summed E-state index contributed by atoms with van der Waals surface area (Å²) in [4.78, 5) is 12.0. The summed E-state index contributed by atoms with van der Waals surface area (Å²) in [5, 5.41) is 2.93. The SMILES string of the molecule is CCCC(CN)C(=O)Nc1ccc(Br)cc1C. The van der Waals surface area contributed by atoms with Crippen molar-refractivity contribution in [3.63, 3.8) is 0 Å². The zero-order chi connectivity index (χ0) is 12.8. The first kappa shape index (κ1) is 14.2. The van der Waals surface area contributed by atoms with E-state index < -0.39 is 0 Å². The van der Waals surface area contributed by atoms with Crippen LogP contribution in [0, 0.1) is 12.8 Å². The van der Waals surface area contributed by atoms with Gasteiger partial charge in [0.2, 0.25) is 5.91 Å². The van der Waals surface area contributed by atoms with Crippen LogP contribution in [0.25, 0.3) is 0 Å². The molecule has 0 heterocycles. The molecule has 0 bridgehead atoms. The van der Waals surface area contributed by atoms with E-state index in [1.807, 2.05) is 25.1 Å². The Morgan fingerprint density at radius 2 is 2.24 bits per heavy atom. The largest absolute Gasteiger partial charge is 0.330 e. The molecule has 0 saturated carbocycles. The molecule has 0 saturated heterocycles. The van der Waals surface area contributed by atoms with Crippen LogP contribution in [0.2, 0.25) is 0 Å². The number of halogens is 1. The number of carbonyl (C=O) groups excluding carboxylic acids is 1. The van der Waals surface area contributed by atoms with Crippen LogP contribution < -0.4 is 11.1 Å². The highest BCUT2D eigenvalue weighted by Gasteiger charge is 2.16. The van der Waals surface area contributed by atoms with Gasteiger partial charge in [0.15, 0.2) is 0 Å². The fourth-order valence-electron chi connectivity index (χ4n) is 1.71. The molecule has 1 atom stereocenters. The first-order chi connectivity index (χ1) is 8.08. The Morgan fingerprint density at radius 1 is 1.53 bits per heavy atom. The molecular weight excluding hydrogens is 280 g/mol. The van der Waals surface area contributed by atoms with Crippen molar-refractivity contribution >= 4 is 27.5 Å². The zero-order valence-electron chi connectivity index (χ0n) is 10.3. The normalized spacial score (nSPS) is 12.2. The van der Waals surface area contributed by atoms with Gasteiger partial charge in [0.1, 0.15) is 0 Å². The van der Waals surface area contributed by atoms with E-state index in [0.717, 1.165) is 28.6 Å². The molecule has 0 aliphatic heterocycles. The maximum absolute atomic E-state index is 12.0. The second-order valence-electron chi connectivity index (χ2n) is 4.17. The Labute approximate surface area is 111 Å². The molecule has 3 nitrogen and oxygen atoms in total. The molecule has 17 heavy (non-hydrogen) atoms. The van der Waals surface area contributed by atoms with Gasteiger partial charge in [-0.15, -0.1) is 0 Å². The molecule has 0 radical (unpaired) electrons. The minimum Gasteiger partial charge on any atom is -0.330 e. The number of nitrogens with two attached hydrogens (primary N) is 1. The number of carbonyl (C=O) groups is 1. The lowest BCUT2D eigenvalue weighted by Gasteiger charge is -2.15. The van der Waals surface area contributed by atoms with Crippen LogP contribution in [-0.4, -0.2) is 12.5 Å². The molecule has 0 spiro atoms. The zero-order valence-corrected chi connectivity index (χ0v) is 11.9. The summed E-state index contributed by atoms with van der Waals surface area (Å²) in [5.74, 6) is -0.0807. The molecular formula is C13H19BrN2O. The summed E-state index contributed by atoms with van der Waals surface area (Å²) in [7, 11) is 0. The molecule has 94 valence electrons. The van der Waals surface area contributed by atoms with Crippen molar-refractivity contribution in [2.75, 3.05) is 11.9 Å². The summed E-state index contributed by atoms with van der Waals surface area (Å²) < 4.78 is 1.01. The van der Waals surface area contributed by atoms with Gasteiger partial charge in [-0.25, -0.2) is 0 Å². The average Bonchev–Trinajstić information content (AvgIpc) is 2.29. The van der Waals surface area contributed by atoms with Crippen LogP contribution in [0.15, 0.2) is 22.7 Å². The number of benzene rings is 1. The lowest BCUT2D eigenvalue weighted by Crippen LogP contribution is -2.29. The molecule has 1 amide bonds. The Kier molecular flexibility index (Phi) is 5.65. The maximum atomic E-state index is 12.0. The van der Waals surface area contributed by atoms with Gasteiger partial charge < -0.3 is 11.1 Å². The molecule has 1 rings (SSSR count). The number of hydrogen-bond acceptors (Lipinski definition) is 2. The van der Waals surface area contributed by atoms with E-state index in [1.165, 1.54) is 0 Å². The third kappa shape index (κ3) is 4.13. The molecule has 1 aromatic rings. The monoisotopic (exact) mass is 298 g/mol. The van der Waals surface area contributed by atoms with E-state index in [9.17, 15) is 4.79 Å². The molecule has 3 N–H and O–H groups in total. The third-order valence-electron chi connectivity index (χ3n) is 2.74. The second-order valence-corrected chi connectivity index (χ2v) is 5.09. The fourth-order valence-corrected chi connectivity index (χ4v) is 2.18. The Hall–Kier alpha value is -0.870. The van der Waals surface area contributed by atoms with Gasteiger partial charge in [-0.1, -0.05) is 29.3 Å². The van der Waals surface area contributed by atoms with E-state index in [0.29, 0.717) is 6.54 Å². The van der Waals surface area contributed by atoms with Crippen LogP contribution in [0.4, 0.5) is 5.69 Å². The van der Waals surface area contributed by atoms with Crippen LogP contribution >= 0.6 is 15.9 Å². The minimum atomic E-state index is -0.0944. The van der Waals surface area contributed by atoms with E-state index >= 15 is 0 Å². The summed E-state index contributed by atoms with van der Waals surface area (Å²) in [6.45, 7) is 4.42. The summed E-state index contributed by atoms with van der Waals surface area (Å²) in [6, 6.07) is 5.80. The third-order valence-corrected chi connectivity index (χ3v) is 3.23. The molecule has 0 aliphatic rings. The van der Waals surface area contributed by atoms with E-state index in [1.54, 1.807) is 0 Å². The maximum Gasteiger partial charge on any atom is 0.228 e. The molecule has 1 unspecified atom stereocenters. The van der Waals surface area contributed by atoms with Gasteiger partial charge >= 0.3 is 0 Å². The van der Waals surface area contributed by atoms with Crippen LogP contribution in [0.1, 0.15) is 25.3 Å². The minimum absolute atomic E-state index is 0.0137. The first-order valence-electron chi connectivity index (χ1n) is 5.85. The average molecular weight is 299 g/mol. The second kappa shape index (κ2) is 6.77. The number of rotatable bonds is 5. The Morgan fingerprint density at radius 3 is 2.76 bits per heavy atom. The van der Waals surface area contributed by atoms with Crippen molar-refractivity contribution in [2.24, 2.45) is 11.7 Å². The highest BCUT2D eigenvalue weighted by Crippen LogP contribution is 2.21. The van der Waals surface area contributed by atoms with Crippen LogP contribution in [0.5, 0.6) is 0 Å². The standard InChI is InChI=1S/C13H19BrN2O/c1-3-4-10(8-15)13(17)16-12-6-5-11(14)7-9(12)2/h5-7,10H,3-4,8,15H2,1-2H3,(H,16,17). The van der Waals surface area contributed by atoms with Crippen molar-refractivity contribution in [1.29, 1.82) is 0 Å². The van der Waals surface area contributed by atoms with Crippen molar-refractivity contribution < 1.29 is 4.79 Å². The van der Waals surface area contributed by atoms with Gasteiger partial charge in [-0.05, 0) is 37.1 Å². The van der Waals surface area contributed by atoms with Crippen molar-refractivity contribution in [1.82, 2.24) is 0 Å². The van der Waals surface area contributed by atoms with Crippen molar-refractivity contribution in [3.8, 4) is 0 Å². The molecule has 0 fully saturated rings. The molecule has 1 aromatic carbocycles. The fraction of sp³-hybridized carbons (Fsp3) is 0.462. The lowest BCUT2D eigenvalue weighted by molar-refractivity contribution is -0.119. The molecule has 0 aliphatic carbocycles. The van der Waals surface area contributed by atoms with Crippen LogP contribution in [0.3, 0.4) is 0 Å². The van der Waals surface area contributed by atoms with E-state index in [-0.39, 0.29) is 11.8 Å². The summed E-state index contributed by atoms with van der Waals surface area (Å²) in [5.41, 5.74) is 7.50. The summed E-state index contributed by atoms with van der Waals surface area (Å²) in [6.07, 6.45) is 1.80. The smallest absolute Gasteiger partial charge is 0.228 e. The predicted molar refractivity (Wildman–Crippen MR) is 75.0 cm³/mol. The highest BCUT2D eigenvalue weighted by atomic mass is 79.9. The number of hydrogen-bond donors (Lipinski definition) is 2. The predicted octanol–water partition coefficient (Wildman–Crippen LogP) is 3.07. The van der Waals surface area contributed by atoms with Gasteiger partial charge in [-0.2, -0.15) is 0 Å². The van der Waals surface area contributed by atoms with Gasteiger partial charge in [0.25, 0.3) is 0 Å². The molecule has 4 heteroatoms.